The number of aldehydes is 1. The molecule has 0 saturated heterocycles. The Morgan fingerprint density at radius 2 is 2.58 bits per heavy atom. The van der Waals surface area contributed by atoms with E-state index >= 15 is 0 Å². The van der Waals surface area contributed by atoms with E-state index in [2.05, 4.69) is 4.99 Å². The number of carbonyl (C=O) groups is 1. The van der Waals surface area contributed by atoms with Gasteiger partial charge in [-0.25, -0.2) is 9.89 Å². The molecule has 0 aromatic rings. The summed E-state index contributed by atoms with van der Waals surface area (Å²) >= 11 is 0. The quantitative estimate of drug-likeness (QED) is 0.517. The number of amidine groups is 1. The van der Waals surface area contributed by atoms with Crippen LogP contribution in [0.4, 0.5) is 0 Å². The molecule has 4 heteroatoms. The summed E-state index contributed by atoms with van der Waals surface area (Å²) in [6.45, 7) is 1.19. The van der Waals surface area contributed by atoms with Crippen LogP contribution in [0, 0.1) is 0 Å². The average Bonchev–Trinajstić information content (AvgIpc) is 2.51. The summed E-state index contributed by atoms with van der Waals surface area (Å²) in [6, 6.07) is 0. The zero-order chi connectivity index (χ0) is 8.39. The van der Waals surface area contributed by atoms with Gasteiger partial charge in [0.25, 0.3) is 0 Å². The first-order valence-electron chi connectivity index (χ1n) is 3.86. The zero-order valence-electron chi connectivity index (χ0n) is 6.60. The van der Waals surface area contributed by atoms with E-state index in [1.54, 1.807) is 6.20 Å². The molecule has 0 bridgehead atoms. The summed E-state index contributed by atoms with van der Waals surface area (Å²) in [5.41, 5.74) is 0. The van der Waals surface area contributed by atoms with Gasteiger partial charge in [-0.1, -0.05) is 0 Å². The highest BCUT2D eigenvalue weighted by Crippen LogP contribution is 1.94. The van der Waals surface area contributed by atoms with Crippen molar-refractivity contribution in [1.29, 1.82) is 0 Å². The molecule has 1 N–H and O–H groups in total. The highest BCUT2D eigenvalue weighted by molar-refractivity contribution is 5.79. The largest absolute Gasteiger partial charge is 0.355 e. The summed E-state index contributed by atoms with van der Waals surface area (Å²) in [6.07, 6.45) is 8.58. The van der Waals surface area contributed by atoms with Crippen molar-refractivity contribution in [3.63, 3.8) is 0 Å². The predicted octanol–water partition coefficient (Wildman–Crippen LogP) is -1.26. The first-order valence-corrected chi connectivity index (χ1v) is 3.86. The minimum atomic E-state index is 0.447. The number of hydrogen-bond donors (Lipinski definition) is 1. The predicted molar refractivity (Wildman–Crippen MR) is 44.3 cm³/mol. The van der Waals surface area contributed by atoms with Gasteiger partial charge in [-0.3, -0.25) is 0 Å². The Balaban J connectivity index is 2.09. The zero-order valence-corrected chi connectivity index (χ0v) is 6.60. The molecule has 2 rings (SSSR count). The van der Waals surface area contributed by atoms with E-state index in [1.807, 2.05) is 23.5 Å². The van der Waals surface area contributed by atoms with E-state index in [9.17, 15) is 4.79 Å². The summed E-state index contributed by atoms with van der Waals surface area (Å²) in [4.78, 5) is 17.5. The lowest BCUT2D eigenvalue weighted by molar-refractivity contribution is -0.684. The van der Waals surface area contributed by atoms with Gasteiger partial charge in [0.05, 0.1) is 18.9 Å². The number of hydrogen-bond acceptors (Lipinski definition) is 3. The van der Waals surface area contributed by atoms with Crippen molar-refractivity contribution in [2.24, 2.45) is 4.99 Å². The normalized spacial score (nSPS) is 25.5. The Kier molecular flexibility index (Phi) is 1.75. The minimum absolute atomic E-state index is 0.447. The van der Waals surface area contributed by atoms with Crippen LogP contribution < -0.4 is 4.90 Å². The molecular weight excluding hydrogens is 154 g/mol. The van der Waals surface area contributed by atoms with Crippen LogP contribution in [0.2, 0.25) is 0 Å². The Labute approximate surface area is 70.5 Å². The van der Waals surface area contributed by atoms with E-state index in [4.69, 9.17) is 0 Å². The maximum atomic E-state index is 10.2. The minimum Gasteiger partial charge on any atom is -0.355 e. The number of aliphatic imine (C=N–C) groups is 1. The fourth-order valence-corrected chi connectivity index (χ4v) is 1.31. The molecule has 2 aliphatic heterocycles. The Morgan fingerprint density at radius 1 is 1.67 bits per heavy atom. The first kappa shape index (κ1) is 7.24. The van der Waals surface area contributed by atoms with E-state index in [1.165, 1.54) is 0 Å². The third-order valence-corrected chi connectivity index (χ3v) is 1.94. The van der Waals surface area contributed by atoms with Crippen LogP contribution in [0.15, 0.2) is 29.8 Å². The molecule has 0 aromatic heterocycles. The van der Waals surface area contributed by atoms with Crippen molar-refractivity contribution >= 4 is 12.1 Å². The molecule has 0 spiro atoms. The van der Waals surface area contributed by atoms with Gasteiger partial charge in [0, 0.05) is 0 Å². The van der Waals surface area contributed by atoms with E-state index in [-0.39, 0.29) is 0 Å². The lowest BCUT2D eigenvalue weighted by Crippen LogP contribution is -3.06. The fraction of sp³-hybridized carbons (Fsp3) is 0.250. The molecule has 62 valence electrons. The maximum absolute atomic E-state index is 10.2. The number of carbonyl (C=O) groups excluding carboxylic acids is 1. The van der Waals surface area contributed by atoms with E-state index in [0.29, 0.717) is 6.54 Å². The third kappa shape index (κ3) is 1.16. The molecule has 1 unspecified atom stereocenters. The molecule has 2 heterocycles. The van der Waals surface area contributed by atoms with Crippen LogP contribution in [0.1, 0.15) is 0 Å². The van der Waals surface area contributed by atoms with Gasteiger partial charge in [0.15, 0.2) is 0 Å². The SMILES string of the molecule is O=CCN1C=C[NH+]2C=CN=C2C1. The summed E-state index contributed by atoms with van der Waals surface area (Å²) in [5.74, 6) is 1.05. The van der Waals surface area contributed by atoms with Gasteiger partial charge in [0.1, 0.15) is 25.2 Å². The highest BCUT2D eigenvalue weighted by atomic mass is 16.1. The summed E-state index contributed by atoms with van der Waals surface area (Å²) in [7, 11) is 0. The molecule has 0 saturated carbocycles. The number of quaternary nitrogens is 1. The lowest BCUT2D eigenvalue weighted by atomic mass is 10.4. The van der Waals surface area contributed by atoms with Crippen molar-refractivity contribution in [2.45, 2.75) is 0 Å². The van der Waals surface area contributed by atoms with Gasteiger partial charge in [-0.05, 0) is 0 Å². The average molecular weight is 164 g/mol. The first-order chi connectivity index (χ1) is 5.90. The van der Waals surface area contributed by atoms with Gasteiger partial charge >= 0.3 is 0 Å². The molecule has 4 nitrogen and oxygen atoms in total. The van der Waals surface area contributed by atoms with Crippen LogP contribution in [-0.2, 0) is 4.79 Å². The number of rotatable bonds is 2. The molecule has 1 atom stereocenters. The van der Waals surface area contributed by atoms with Crippen molar-refractivity contribution in [1.82, 2.24) is 4.90 Å². The topological polar surface area (TPSA) is 37.1 Å². The lowest BCUT2D eigenvalue weighted by Gasteiger charge is -2.22. The standard InChI is InChI=1S/C8H9N3O/c12-6-5-10-3-4-11-2-1-9-8(11)7-10/h1-4,6H,5,7H2/p+1. The fourth-order valence-electron chi connectivity index (χ4n) is 1.31. The summed E-state index contributed by atoms with van der Waals surface area (Å²) < 4.78 is 0. The Morgan fingerprint density at radius 3 is 3.42 bits per heavy atom. The smallest absolute Gasteiger partial charge is 0.230 e. The Hall–Kier alpha value is -1.42. The highest BCUT2D eigenvalue weighted by Gasteiger charge is 2.22. The molecule has 12 heavy (non-hydrogen) atoms. The molecule has 0 aromatic carbocycles. The van der Waals surface area contributed by atoms with Gasteiger partial charge in [-0.15, -0.1) is 0 Å². The second kappa shape index (κ2) is 2.91. The molecular formula is C8H10N3O+. The van der Waals surface area contributed by atoms with Gasteiger partial charge in [-0.2, -0.15) is 0 Å². The monoisotopic (exact) mass is 164 g/mol. The van der Waals surface area contributed by atoms with Crippen LogP contribution in [0.5, 0.6) is 0 Å². The molecule has 2 aliphatic rings. The van der Waals surface area contributed by atoms with Crippen LogP contribution in [-0.4, -0.2) is 30.1 Å². The third-order valence-electron chi connectivity index (χ3n) is 1.94. The van der Waals surface area contributed by atoms with E-state index < -0.39 is 0 Å². The van der Waals surface area contributed by atoms with Crippen molar-refractivity contribution in [2.75, 3.05) is 13.1 Å². The van der Waals surface area contributed by atoms with Crippen LogP contribution >= 0.6 is 0 Å². The van der Waals surface area contributed by atoms with Crippen molar-refractivity contribution in [3.8, 4) is 0 Å². The molecule has 0 radical (unpaired) electrons. The van der Waals surface area contributed by atoms with Crippen LogP contribution in [0.25, 0.3) is 0 Å². The van der Waals surface area contributed by atoms with Gasteiger partial charge < -0.3 is 9.69 Å². The number of nitrogens with zero attached hydrogens (tertiary/aromatic N) is 2. The van der Waals surface area contributed by atoms with Crippen molar-refractivity contribution < 1.29 is 9.69 Å². The molecule has 0 aliphatic carbocycles. The second-order valence-corrected chi connectivity index (χ2v) is 2.76. The Bertz CT molecular complexity index is 280. The number of fused-ring (bicyclic) bond motifs is 1. The van der Waals surface area contributed by atoms with Gasteiger partial charge in [0.2, 0.25) is 5.84 Å². The molecule has 0 amide bonds. The van der Waals surface area contributed by atoms with Crippen molar-refractivity contribution in [3.05, 3.63) is 24.8 Å². The number of nitrogens with one attached hydrogen (secondary N) is 1. The van der Waals surface area contributed by atoms with E-state index in [0.717, 1.165) is 23.6 Å². The maximum Gasteiger partial charge on any atom is 0.230 e. The second-order valence-electron chi connectivity index (χ2n) is 2.76. The molecule has 0 fully saturated rings. The van der Waals surface area contributed by atoms with Crippen LogP contribution in [0.3, 0.4) is 0 Å². The summed E-state index contributed by atoms with van der Waals surface area (Å²) in [5, 5.41) is 0.